The minimum absolute atomic E-state index is 0.106. The molecule has 0 amide bonds. The molecule has 0 aromatic heterocycles. The lowest BCUT2D eigenvalue weighted by molar-refractivity contribution is 0.0932. The molecule has 2 N–H and O–H groups in total. The summed E-state index contributed by atoms with van der Waals surface area (Å²) >= 11 is 0. The number of nitrogens with zero attached hydrogens (tertiary/aromatic N) is 1. The molecular weight excluding hydrogens is 248 g/mol. The zero-order valence-electron chi connectivity index (χ0n) is 13.5. The van der Waals surface area contributed by atoms with Gasteiger partial charge in [0.25, 0.3) is 0 Å². The van der Waals surface area contributed by atoms with Gasteiger partial charge in [0, 0.05) is 19.1 Å². The van der Waals surface area contributed by atoms with Crippen LogP contribution in [-0.4, -0.2) is 48.8 Å². The predicted molar refractivity (Wildman–Crippen MR) is 84.9 cm³/mol. The largest absolute Gasteiger partial charge is 0.393 e. The molecule has 1 heterocycles. The summed E-state index contributed by atoms with van der Waals surface area (Å²) in [6.07, 6.45) is 10.2. The van der Waals surface area contributed by atoms with E-state index in [-0.39, 0.29) is 6.10 Å². The van der Waals surface area contributed by atoms with Crippen molar-refractivity contribution in [2.45, 2.75) is 70.4 Å². The van der Waals surface area contributed by atoms with E-state index in [2.05, 4.69) is 24.2 Å². The van der Waals surface area contributed by atoms with Gasteiger partial charge in [-0.15, -0.1) is 0 Å². The van der Waals surface area contributed by atoms with Gasteiger partial charge in [0.2, 0.25) is 0 Å². The Balaban J connectivity index is 1.72. The van der Waals surface area contributed by atoms with E-state index >= 15 is 0 Å². The topological polar surface area (TPSA) is 35.5 Å². The molecule has 3 heteroatoms. The van der Waals surface area contributed by atoms with Crippen LogP contribution in [-0.2, 0) is 0 Å². The Morgan fingerprint density at radius 1 is 1.15 bits per heavy atom. The Labute approximate surface area is 125 Å². The van der Waals surface area contributed by atoms with Crippen molar-refractivity contribution in [2.24, 2.45) is 11.8 Å². The number of likely N-dealkylation sites (tertiary alicyclic amines) is 1. The number of aliphatic hydroxyl groups excluding tert-OH is 1. The lowest BCUT2D eigenvalue weighted by Gasteiger charge is -2.37. The molecule has 3 nitrogen and oxygen atoms in total. The van der Waals surface area contributed by atoms with Crippen LogP contribution in [0.3, 0.4) is 0 Å². The minimum Gasteiger partial charge on any atom is -0.393 e. The molecule has 1 saturated heterocycles. The maximum atomic E-state index is 9.88. The Kier molecular flexibility index (Phi) is 6.79. The number of aliphatic hydroxyl groups is 1. The standard InChI is InChI=1S/C17H34N2O/c1-3-17(20)10-15-9-16(13-19(2)12-15)18-11-14-7-5-4-6-8-14/h14-18,20H,3-13H2,1-2H3. The van der Waals surface area contributed by atoms with Gasteiger partial charge in [-0.25, -0.2) is 0 Å². The molecule has 2 rings (SSSR count). The molecule has 3 atom stereocenters. The van der Waals surface area contributed by atoms with Crippen molar-refractivity contribution in [3.8, 4) is 0 Å². The number of hydrogen-bond acceptors (Lipinski definition) is 3. The van der Waals surface area contributed by atoms with E-state index in [4.69, 9.17) is 0 Å². The maximum Gasteiger partial charge on any atom is 0.0540 e. The van der Waals surface area contributed by atoms with E-state index in [9.17, 15) is 5.11 Å². The third-order valence-electron chi connectivity index (χ3n) is 5.22. The van der Waals surface area contributed by atoms with Crippen molar-refractivity contribution in [1.82, 2.24) is 10.2 Å². The van der Waals surface area contributed by atoms with Gasteiger partial charge in [0.05, 0.1) is 6.10 Å². The van der Waals surface area contributed by atoms with E-state index in [0.29, 0.717) is 12.0 Å². The first-order valence-electron chi connectivity index (χ1n) is 8.77. The number of hydrogen-bond donors (Lipinski definition) is 2. The van der Waals surface area contributed by atoms with Crippen LogP contribution in [0.25, 0.3) is 0 Å². The summed E-state index contributed by atoms with van der Waals surface area (Å²) in [6, 6.07) is 0.629. The Morgan fingerprint density at radius 2 is 1.90 bits per heavy atom. The van der Waals surface area contributed by atoms with Gasteiger partial charge >= 0.3 is 0 Å². The molecule has 1 aliphatic carbocycles. The normalized spacial score (nSPS) is 31.4. The molecule has 2 aliphatic rings. The Morgan fingerprint density at radius 3 is 2.60 bits per heavy atom. The Hall–Kier alpha value is -0.120. The fourth-order valence-corrected chi connectivity index (χ4v) is 4.04. The summed E-state index contributed by atoms with van der Waals surface area (Å²) in [5.41, 5.74) is 0. The van der Waals surface area contributed by atoms with Crippen LogP contribution in [0, 0.1) is 11.8 Å². The van der Waals surface area contributed by atoms with Crippen LogP contribution in [0.15, 0.2) is 0 Å². The maximum absolute atomic E-state index is 9.88. The lowest BCUT2D eigenvalue weighted by Crippen LogP contribution is -2.49. The average Bonchev–Trinajstić information content (AvgIpc) is 2.45. The van der Waals surface area contributed by atoms with Crippen molar-refractivity contribution in [2.75, 3.05) is 26.7 Å². The number of piperidine rings is 1. The third kappa shape index (κ3) is 5.34. The highest BCUT2D eigenvalue weighted by atomic mass is 16.3. The Bertz CT molecular complexity index is 266. The summed E-state index contributed by atoms with van der Waals surface area (Å²) in [4.78, 5) is 2.44. The van der Waals surface area contributed by atoms with Gasteiger partial charge in [-0.1, -0.05) is 26.2 Å². The molecule has 0 aromatic carbocycles. The quantitative estimate of drug-likeness (QED) is 0.786. The molecule has 0 aromatic rings. The molecule has 0 spiro atoms. The summed E-state index contributed by atoms with van der Waals surface area (Å²) in [6.45, 7) is 5.61. The lowest BCUT2D eigenvalue weighted by atomic mass is 9.87. The van der Waals surface area contributed by atoms with E-state index in [0.717, 1.165) is 25.3 Å². The summed E-state index contributed by atoms with van der Waals surface area (Å²) in [7, 11) is 2.22. The highest BCUT2D eigenvalue weighted by Crippen LogP contribution is 2.25. The van der Waals surface area contributed by atoms with Crippen molar-refractivity contribution in [3.63, 3.8) is 0 Å². The predicted octanol–water partition coefficient (Wildman–Crippen LogP) is 2.64. The van der Waals surface area contributed by atoms with Gasteiger partial charge < -0.3 is 15.3 Å². The molecule has 1 saturated carbocycles. The van der Waals surface area contributed by atoms with Crippen LogP contribution in [0.4, 0.5) is 0 Å². The zero-order chi connectivity index (χ0) is 14.4. The summed E-state index contributed by atoms with van der Waals surface area (Å²) in [5.74, 6) is 1.57. The molecule has 118 valence electrons. The smallest absolute Gasteiger partial charge is 0.0540 e. The van der Waals surface area contributed by atoms with Crippen LogP contribution >= 0.6 is 0 Å². The third-order valence-corrected chi connectivity index (χ3v) is 5.22. The SMILES string of the molecule is CCC(O)CC1CC(NCC2CCCCC2)CN(C)C1. The van der Waals surface area contributed by atoms with Crippen LogP contribution in [0.5, 0.6) is 0 Å². The molecule has 20 heavy (non-hydrogen) atoms. The van der Waals surface area contributed by atoms with Crippen molar-refractivity contribution >= 4 is 0 Å². The molecule has 0 bridgehead atoms. The number of rotatable bonds is 6. The molecule has 1 aliphatic heterocycles. The number of likely N-dealkylation sites (N-methyl/N-ethyl adjacent to an activating group) is 1. The first-order valence-corrected chi connectivity index (χ1v) is 8.77. The summed E-state index contributed by atoms with van der Waals surface area (Å²) in [5, 5.41) is 13.7. The highest BCUT2D eigenvalue weighted by Gasteiger charge is 2.27. The van der Waals surface area contributed by atoms with E-state index < -0.39 is 0 Å². The van der Waals surface area contributed by atoms with E-state index in [1.54, 1.807) is 0 Å². The minimum atomic E-state index is -0.106. The van der Waals surface area contributed by atoms with E-state index in [1.807, 2.05) is 0 Å². The van der Waals surface area contributed by atoms with Crippen LogP contribution in [0.2, 0.25) is 0 Å². The monoisotopic (exact) mass is 282 g/mol. The first kappa shape index (κ1) is 16.3. The van der Waals surface area contributed by atoms with Crippen LogP contribution < -0.4 is 5.32 Å². The van der Waals surface area contributed by atoms with Crippen molar-refractivity contribution < 1.29 is 5.11 Å². The van der Waals surface area contributed by atoms with Gasteiger partial charge in [0.1, 0.15) is 0 Å². The highest BCUT2D eigenvalue weighted by molar-refractivity contribution is 4.84. The first-order chi connectivity index (χ1) is 9.67. The second kappa shape index (κ2) is 8.35. The molecule has 3 unspecified atom stereocenters. The van der Waals surface area contributed by atoms with Gasteiger partial charge in [-0.05, 0) is 57.5 Å². The summed E-state index contributed by atoms with van der Waals surface area (Å²) < 4.78 is 0. The molecular formula is C17H34N2O. The van der Waals surface area contributed by atoms with Gasteiger partial charge in [-0.2, -0.15) is 0 Å². The number of nitrogens with one attached hydrogen (secondary N) is 1. The second-order valence-electron chi connectivity index (χ2n) is 7.23. The second-order valence-corrected chi connectivity index (χ2v) is 7.23. The molecule has 0 radical (unpaired) electrons. The zero-order valence-corrected chi connectivity index (χ0v) is 13.5. The van der Waals surface area contributed by atoms with E-state index in [1.165, 1.54) is 51.6 Å². The molecule has 2 fully saturated rings. The van der Waals surface area contributed by atoms with Crippen LogP contribution in [0.1, 0.15) is 58.3 Å². The van der Waals surface area contributed by atoms with Gasteiger partial charge in [-0.3, -0.25) is 0 Å². The van der Waals surface area contributed by atoms with Crippen molar-refractivity contribution in [1.29, 1.82) is 0 Å². The fraction of sp³-hybridized carbons (Fsp3) is 1.00. The average molecular weight is 282 g/mol. The van der Waals surface area contributed by atoms with Gasteiger partial charge in [0.15, 0.2) is 0 Å². The van der Waals surface area contributed by atoms with Crippen molar-refractivity contribution in [3.05, 3.63) is 0 Å². The fourth-order valence-electron chi connectivity index (χ4n) is 4.04.